The zero-order chi connectivity index (χ0) is 14.8. The monoisotopic (exact) mass is 277 g/mol. The van der Waals surface area contributed by atoms with Crippen molar-refractivity contribution in [3.8, 4) is 0 Å². The minimum atomic E-state index is -0.501. The first-order valence-corrected chi connectivity index (χ1v) is 7.01. The van der Waals surface area contributed by atoms with Crippen LogP contribution in [0.4, 0.5) is 4.79 Å². The summed E-state index contributed by atoms with van der Waals surface area (Å²) in [5, 5.41) is 0. The van der Waals surface area contributed by atoms with Gasteiger partial charge in [0.1, 0.15) is 11.8 Å². The average Bonchev–Trinajstić information content (AvgIpc) is 2.81. The molecule has 2 rings (SSSR count). The van der Waals surface area contributed by atoms with Crippen LogP contribution in [0.1, 0.15) is 45.2 Å². The highest BCUT2D eigenvalue weighted by atomic mass is 16.6. The SMILES string of the molecule is COC1CC[C@H](c2ccccc2)N1C(=O)OC(C)(C)C. The number of hydrogen-bond acceptors (Lipinski definition) is 3. The Kier molecular flexibility index (Phi) is 4.33. The van der Waals surface area contributed by atoms with E-state index in [1.807, 2.05) is 51.1 Å². The van der Waals surface area contributed by atoms with E-state index in [2.05, 4.69) is 0 Å². The van der Waals surface area contributed by atoms with Gasteiger partial charge in [0.15, 0.2) is 0 Å². The summed E-state index contributed by atoms with van der Waals surface area (Å²) >= 11 is 0. The number of ether oxygens (including phenoxy) is 2. The molecule has 0 N–H and O–H groups in total. The van der Waals surface area contributed by atoms with Gasteiger partial charge in [-0.05, 0) is 39.2 Å². The molecule has 0 bridgehead atoms. The van der Waals surface area contributed by atoms with Crippen LogP contribution in [0.25, 0.3) is 0 Å². The average molecular weight is 277 g/mol. The van der Waals surface area contributed by atoms with Crippen LogP contribution in [0.15, 0.2) is 30.3 Å². The number of carbonyl (C=O) groups excluding carboxylic acids is 1. The fourth-order valence-electron chi connectivity index (χ4n) is 2.57. The maximum absolute atomic E-state index is 12.4. The number of hydrogen-bond donors (Lipinski definition) is 0. The topological polar surface area (TPSA) is 38.8 Å². The third-order valence-electron chi connectivity index (χ3n) is 3.39. The molecule has 1 unspecified atom stereocenters. The smallest absolute Gasteiger partial charge is 0.412 e. The molecular formula is C16H23NO3. The van der Waals surface area contributed by atoms with E-state index in [-0.39, 0.29) is 18.4 Å². The second kappa shape index (κ2) is 5.83. The molecule has 1 aromatic carbocycles. The molecule has 1 amide bonds. The van der Waals surface area contributed by atoms with Gasteiger partial charge in [0.2, 0.25) is 0 Å². The van der Waals surface area contributed by atoms with E-state index in [1.54, 1.807) is 12.0 Å². The van der Waals surface area contributed by atoms with E-state index in [4.69, 9.17) is 9.47 Å². The normalized spacial score (nSPS) is 22.9. The Labute approximate surface area is 120 Å². The van der Waals surface area contributed by atoms with Crippen LogP contribution in [0.3, 0.4) is 0 Å². The largest absolute Gasteiger partial charge is 0.444 e. The molecule has 1 aliphatic heterocycles. The third kappa shape index (κ3) is 3.31. The summed E-state index contributed by atoms with van der Waals surface area (Å²) in [7, 11) is 1.63. The molecular weight excluding hydrogens is 254 g/mol. The van der Waals surface area contributed by atoms with Crippen LogP contribution in [-0.2, 0) is 9.47 Å². The molecule has 0 aromatic heterocycles. The third-order valence-corrected chi connectivity index (χ3v) is 3.39. The number of carbonyl (C=O) groups is 1. The Hall–Kier alpha value is -1.55. The van der Waals surface area contributed by atoms with Crippen molar-refractivity contribution >= 4 is 6.09 Å². The van der Waals surface area contributed by atoms with Crippen molar-refractivity contribution in [2.75, 3.05) is 7.11 Å². The number of nitrogens with zero attached hydrogens (tertiary/aromatic N) is 1. The van der Waals surface area contributed by atoms with Gasteiger partial charge in [0, 0.05) is 7.11 Å². The highest BCUT2D eigenvalue weighted by Crippen LogP contribution is 2.37. The molecule has 4 heteroatoms. The summed E-state index contributed by atoms with van der Waals surface area (Å²) in [6, 6.07) is 10.1. The quantitative estimate of drug-likeness (QED) is 0.826. The van der Waals surface area contributed by atoms with Crippen molar-refractivity contribution in [3.63, 3.8) is 0 Å². The molecule has 0 aliphatic carbocycles. The van der Waals surface area contributed by atoms with Crippen molar-refractivity contribution in [1.82, 2.24) is 4.90 Å². The van der Waals surface area contributed by atoms with E-state index in [0.717, 1.165) is 18.4 Å². The van der Waals surface area contributed by atoms with E-state index >= 15 is 0 Å². The summed E-state index contributed by atoms with van der Waals surface area (Å²) in [6.45, 7) is 5.63. The van der Waals surface area contributed by atoms with Crippen LogP contribution in [0.5, 0.6) is 0 Å². The van der Waals surface area contributed by atoms with Gasteiger partial charge < -0.3 is 9.47 Å². The predicted octanol–water partition coefficient (Wildman–Crippen LogP) is 3.73. The zero-order valence-corrected chi connectivity index (χ0v) is 12.6. The Morgan fingerprint density at radius 3 is 2.40 bits per heavy atom. The molecule has 4 nitrogen and oxygen atoms in total. The van der Waals surface area contributed by atoms with Crippen molar-refractivity contribution in [1.29, 1.82) is 0 Å². The summed E-state index contributed by atoms with van der Waals surface area (Å²) in [6.07, 6.45) is 1.20. The predicted molar refractivity (Wildman–Crippen MR) is 77.3 cm³/mol. The van der Waals surface area contributed by atoms with Crippen LogP contribution in [-0.4, -0.2) is 29.9 Å². The molecule has 110 valence electrons. The first-order chi connectivity index (χ1) is 9.42. The van der Waals surface area contributed by atoms with E-state index in [9.17, 15) is 4.79 Å². The standard InChI is InChI=1S/C16H23NO3/c1-16(2,3)20-15(18)17-13(10-11-14(17)19-4)12-8-6-5-7-9-12/h5-9,13-14H,10-11H2,1-4H3/t13-,14?/m1/s1. The lowest BCUT2D eigenvalue weighted by atomic mass is 10.1. The summed E-state index contributed by atoms with van der Waals surface area (Å²) < 4.78 is 10.9. The van der Waals surface area contributed by atoms with Gasteiger partial charge in [-0.3, -0.25) is 4.90 Å². The van der Waals surface area contributed by atoms with Crippen molar-refractivity contribution in [2.45, 2.75) is 51.5 Å². The van der Waals surface area contributed by atoms with Gasteiger partial charge in [-0.1, -0.05) is 30.3 Å². The molecule has 0 radical (unpaired) electrons. The van der Waals surface area contributed by atoms with Gasteiger partial charge in [-0.15, -0.1) is 0 Å². The Balaban J connectivity index is 2.22. The Morgan fingerprint density at radius 1 is 1.20 bits per heavy atom. The summed E-state index contributed by atoms with van der Waals surface area (Å²) in [4.78, 5) is 14.2. The molecule has 1 heterocycles. The molecule has 1 aromatic rings. The lowest BCUT2D eigenvalue weighted by Crippen LogP contribution is -2.41. The van der Waals surface area contributed by atoms with Gasteiger partial charge in [-0.2, -0.15) is 0 Å². The molecule has 2 atom stereocenters. The van der Waals surface area contributed by atoms with Crippen molar-refractivity contribution in [2.24, 2.45) is 0 Å². The maximum atomic E-state index is 12.4. The lowest BCUT2D eigenvalue weighted by Gasteiger charge is -2.32. The van der Waals surface area contributed by atoms with Crippen LogP contribution in [0, 0.1) is 0 Å². The van der Waals surface area contributed by atoms with Gasteiger partial charge >= 0.3 is 6.09 Å². The fourth-order valence-corrected chi connectivity index (χ4v) is 2.57. The van der Waals surface area contributed by atoms with Crippen LogP contribution >= 0.6 is 0 Å². The van der Waals surface area contributed by atoms with Crippen LogP contribution in [0.2, 0.25) is 0 Å². The second-order valence-electron chi connectivity index (χ2n) is 6.08. The molecule has 1 saturated heterocycles. The minimum absolute atomic E-state index is 0.0241. The molecule has 20 heavy (non-hydrogen) atoms. The van der Waals surface area contributed by atoms with Gasteiger partial charge in [0.25, 0.3) is 0 Å². The first kappa shape index (κ1) is 14.9. The zero-order valence-electron chi connectivity index (χ0n) is 12.6. The van der Waals surface area contributed by atoms with Gasteiger partial charge in [-0.25, -0.2) is 4.79 Å². The second-order valence-corrected chi connectivity index (χ2v) is 6.08. The van der Waals surface area contributed by atoms with Crippen molar-refractivity contribution in [3.05, 3.63) is 35.9 Å². The summed E-state index contributed by atoms with van der Waals surface area (Å²) in [5.74, 6) is 0. The minimum Gasteiger partial charge on any atom is -0.444 e. The number of likely N-dealkylation sites (tertiary alicyclic amines) is 1. The molecule has 0 saturated carbocycles. The van der Waals surface area contributed by atoms with E-state index < -0.39 is 5.60 Å². The van der Waals surface area contributed by atoms with Gasteiger partial charge in [0.05, 0.1) is 6.04 Å². The number of rotatable bonds is 2. The Morgan fingerprint density at radius 2 is 1.85 bits per heavy atom. The Bertz CT molecular complexity index is 453. The number of benzene rings is 1. The highest BCUT2D eigenvalue weighted by molar-refractivity contribution is 5.69. The molecule has 1 fully saturated rings. The van der Waals surface area contributed by atoms with E-state index in [1.165, 1.54) is 0 Å². The number of amides is 1. The molecule has 0 spiro atoms. The van der Waals surface area contributed by atoms with Crippen LogP contribution < -0.4 is 0 Å². The fraction of sp³-hybridized carbons (Fsp3) is 0.562. The summed E-state index contributed by atoms with van der Waals surface area (Å²) in [5.41, 5.74) is 0.622. The number of methoxy groups -OCH3 is 1. The van der Waals surface area contributed by atoms with Crippen molar-refractivity contribution < 1.29 is 14.3 Å². The first-order valence-electron chi connectivity index (χ1n) is 7.01. The highest BCUT2D eigenvalue weighted by Gasteiger charge is 2.40. The maximum Gasteiger partial charge on any atom is 0.412 e. The van der Waals surface area contributed by atoms with E-state index in [0.29, 0.717) is 0 Å². The lowest BCUT2D eigenvalue weighted by molar-refractivity contribution is -0.0421. The molecule has 1 aliphatic rings.